The molecule has 0 aliphatic carbocycles. The van der Waals surface area contributed by atoms with Crippen LogP contribution in [-0.4, -0.2) is 10.9 Å². The van der Waals surface area contributed by atoms with Crippen molar-refractivity contribution in [2.24, 2.45) is 0 Å². The molecule has 0 aromatic heterocycles. The first-order chi connectivity index (χ1) is 9.38. The molecule has 4 heteroatoms. The van der Waals surface area contributed by atoms with Crippen LogP contribution in [0.15, 0.2) is 30.3 Å². The summed E-state index contributed by atoms with van der Waals surface area (Å²) in [6, 6.07) is 8.01. The average molecular weight is 290 g/mol. The van der Waals surface area contributed by atoms with Crippen molar-refractivity contribution >= 4 is 25.0 Å². The first-order valence-corrected chi connectivity index (χ1v) is 7.26. The first-order valence-electron chi connectivity index (χ1n) is 6.26. The van der Waals surface area contributed by atoms with Gasteiger partial charge >= 0.3 is 0 Å². The maximum atomic E-state index is 13.3. The van der Waals surface area contributed by atoms with Crippen molar-refractivity contribution in [3.05, 3.63) is 52.8 Å². The molecule has 0 aliphatic rings. The number of aromatic hydroxyl groups is 1. The van der Waals surface area contributed by atoms with E-state index >= 15 is 0 Å². The van der Waals surface area contributed by atoms with Crippen molar-refractivity contribution < 1.29 is 14.3 Å². The molecular weight excluding hydrogens is 274 g/mol. The van der Waals surface area contributed by atoms with E-state index in [1.54, 1.807) is 6.07 Å². The van der Waals surface area contributed by atoms with Crippen LogP contribution >= 0.6 is 8.58 Å². The molecule has 0 radical (unpaired) electrons. The second kappa shape index (κ2) is 5.72. The van der Waals surface area contributed by atoms with Crippen LogP contribution in [0.2, 0.25) is 0 Å². The number of phenols is 1. The van der Waals surface area contributed by atoms with Crippen LogP contribution in [0.25, 0.3) is 0 Å². The monoisotopic (exact) mass is 290 g/mol. The number of carbonyl (C=O) groups is 1. The lowest BCUT2D eigenvalue weighted by atomic mass is 10.1. The van der Waals surface area contributed by atoms with E-state index in [4.69, 9.17) is 0 Å². The fraction of sp³-hybridized carbons (Fsp3) is 0.188. The Morgan fingerprint density at radius 1 is 1.15 bits per heavy atom. The third-order valence-corrected chi connectivity index (χ3v) is 4.43. The number of hydrogen-bond acceptors (Lipinski definition) is 2. The molecular formula is C16H16FO2P. The van der Waals surface area contributed by atoms with Crippen LogP contribution in [0.3, 0.4) is 0 Å². The van der Waals surface area contributed by atoms with Crippen molar-refractivity contribution in [3.63, 3.8) is 0 Å². The molecule has 2 aromatic carbocycles. The summed E-state index contributed by atoms with van der Waals surface area (Å²) in [5.74, 6) is -0.350. The fourth-order valence-electron chi connectivity index (χ4n) is 2.12. The smallest absolute Gasteiger partial charge is 0.160 e. The normalized spacial score (nSPS) is 11.2. The first kappa shape index (κ1) is 14.7. The number of aryl methyl sites for hydroxylation is 2. The van der Waals surface area contributed by atoms with Gasteiger partial charge in [-0.05, 0) is 55.4 Å². The summed E-state index contributed by atoms with van der Waals surface area (Å²) in [5.41, 5.74) is 2.23. The molecule has 2 aromatic rings. The summed E-state index contributed by atoms with van der Waals surface area (Å²) >= 11 is 0. The number of phenolic OH excluding ortho intramolecular Hbond substituents is 1. The van der Waals surface area contributed by atoms with E-state index in [9.17, 15) is 14.3 Å². The molecule has 0 aliphatic heterocycles. The lowest BCUT2D eigenvalue weighted by Gasteiger charge is -2.11. The lowest BCUT2D eigenvalue weighted by Crippen LogP contribution is -2.13. The zero-order chi connectivity index (χ0) is 14.9. The Labute approximate surface area is 119 Å². The van der Waals surface area contributed by atoms with Gasteiger partial charge in [-0.25, -0.2) is 4.39 Å². The quantitative estimate of drug-likeness (QED) is 0.697. The number of ketones is 1. The lowest BCUT2D eigenvalue weighted by molar-refractivity contribution is 0.101. The van der Waals surface area contributed by atoms with Gasteiger partial charge < -0.3 is 5.11 Å². The zero-order valence-corrected chi connectivity index (χ0v) is 12.6. The highest BCUT2D eigenvalue weighted by Gasteiger charge is 2.12. The summed E-state index contributed by atoms with van der Waals surface area (Å²) in [4.78, 5) is 11.6. The summed E-state index contributed by atoms with van der Waals surface area (Å²) in [6.45, 7) is 5.22. The van der Waals surface area contributed by atoms with E-state index in [0.717, 1.165) is 21.7 Å². The molecule has 0 heterocycles. The number of benzene rings is 2. The van der Waals surface area contributed by atoms with Crippen molar-refractivity contribution in [1.29, 1.82) is 0 Å². The second-order valence-electron chi connectivity index (χ2n) is 4.85. The van der Waals surface area contributed by atoms with E-state index in [0.29, 0.717) is 5.56 Å². The topological polar surface area (TPSA) is 37.3 Å². The number of Topliss-reactive ketones (excluding diaryl/α,β-unsaturated/α-hetero) is 1. The predicted molar refractivity (Wildman–Crippen MR) is 81.6 cm³/mol. The van der Waals surface area contributed by atoms with Gasteiger partial charge in [-0.15, -0.1) is 0 Å². The van der Waals surface area contributed by atoms with Gasteiger partial charge in [0.1, 0.15) is 11.6 Å². The molecule has 20 heavy (non-hydrogen) atoms. The maximum absolute atomic E-state index is 13.3. The van der Waals surface area contributed by atoms with Gasteiger partial charge in [0.05, 0.1) is 0 Å². The SMILES string of the molecule is CC(=O)c1cc(F)ccc1Pc1cc(C)cc(C)c1O. The fourth-order valence-corrected chi connectivity index (χ4v) is 3.57. The molecule has 2 nitrogen and oxygen atoms in total. The van der Waals surface area contributed by atoms with Crippen LogP contribution in [0.1, 0.15) is 28.4 Å². The van der Waals surface area contributed by atoms with Crippen LogP contribution in [0.5, 0.6) is 5.75 Å². The summed E-state index contributed by atoms with van der Waals surface area (Å²) in [5, 5.41) is 11.6. The number of hydrogen-bond donors (Lipinski definition) is 1. The molecule has 1 unspecified atom stereocenters. The Kier molecular flexibility index (Phi) is 4.20. The maximum Gasteiger partial charge on any atom is 0.160 e. The van der Waals surface area contributed by atoms with Gasteiger partial charge in [0.25, 0.3) is 0 Å². The molecule has 0 fully saturated rings. The molecule has 1 atom stereocenters. The highest BCUT2D eigenvalue weighted by molar-refractivity contribution is 7.56. The molecule has 1 N–H and O–H groups in total. The average Bonchev–Trinajstić information content (AvgIpc) is 2.37. The van der Waals surface area contributed by atoms with Crippen LogP contribution in [0.4, 0.5) is 4.39 Å². The Morgan fingerprint density at radius 2 is 1.85 bits per heavy atom. The molecule has 104 valence electrons. The third kappa shape index (κ3) is 3.05. The minimum absolute atomic E-state index is 0.119. The minimum Gasteiger partial charge on any atom is -0.507 e. The number of carbonyl (C=O) groups excluding carboxylic acids is 1. The van der Waals surface area contributed by atoms with E-state index in [1.807, 2.05) is 26.0 Å². The van der Waals surface area contributed by atoms with Crippen molar-refractivity contribution in [2.45, 2.75) is 20.8 Å². The van der Waals surface area contributed by atoms with Crippen LogP contribution in [-0.2, 0) is 0 Å². The Morgan fingerprint density at radius 3 is 2.50 bits per heavy atom. The van der Waals surface area contributed by atoms with Crippen molar-refractivity contribution in [1.82, 2.24) is 0 Å². The van der Waals surface area contributed by atoms with E-state index in [2.05, 4.69) is 0 Å². The zero-order valence-electron chi connectivity index (χ0n) is 11.6. The summed E-state index contributed by atoms with van der Waals surface area (Å²) in [7, 11) is 0.119. The molecule has 0 spiro atoms. The standard InChI is InChI=1S/C16H16FO2P/c1-9-6-10(2)16(19)15(7-9)20-14-5-4-12(17)8-13(14)11(3)18/h4-8,19-20H,1-3H3. The van der Waals surface area contributed by atoms with Crippen LogP contribution < -0.4 is 10.6 Å². The van der Waals surface area contributed by atoms with Gasteiger partial charge in [-0.3, -0.25) is 4.79 Å². The van der Waals surface area contributed by atoms with Crippen LogP contribution in [0, 0.1) is 19.7 Å². The Bertz CT molecular complexity index is 680. The highest BCUT2D eigenvalue weighted by atomic mass is 31.1. The summed E-state index contributed by atoms with van der Waals surface area (Å²) in [6.07, 6.45) is 0. The largest absolute Gasteiger partial charge is 0.507 e. The Hall–Kier alpha value is -1.73. The number of rotatable bonds is 3. The van der Waals surface area contributed by atoms with E-state index in [1.165, 1.54) is 19.1 Å². The minimum atomic E-state index is -0.423. The van der Waals surface area contributed by atoms with Gasteiger partial charge in [0, 0.05) is 10.9 Å². The van der Waals surface area contributed by atoms with Crippen molar-refractivity contribution in [3.8, 4) is 5.75 Å². The van der Waals surface area contributed by atoms with E-state index in [-0.39, 0.29) is 20.1 Å². The molecule has 0 amide bonds. The third-order valence-electron chi connectivity index (χ3n) is 3.08. The Balaban J connectivity index is 2.48. The number of halogens is 1. The molecule has 0 saturated heterocycles. The highest BCUT2D eigenvalue weighted by Crippen LogP contribution is 2.24. The molecule has 0 saturated carbocycles. The van der Waals surface area contributed by atoms with Crippen molar-refractivity contribution in [2.75, 3.05) is 0 Å². The van der Waals surface area contributed by atoms with Gasteiger partial charge in [-0.1, -0.05) is 20.7 Å². The van der Waals surface area contributed by atoms with E-state index < -0.39 is 5.82 Å². The van der Waals surface area contributed by atoms with Gasteiger partial charge in [0.15, 0.2) is 5.78 Å². The molecule has 0 bridgehead atoms. The summed E-state index contributed by atoms with van der Waals surface area (Å²) < 4.78 is 13.3. The predicted octanol–water partition coefficient (Wildman–Crippen LogP) is 2.98. The second-order valence-corrected chi connectivity index (χ2v) is 6.18. The van der Waals surface area contributed by atoms with Gasteiger partial charge in [-0.2, -0.15) is 0 Å². The molecule has 2 rings (SSSR count). The van der Waals surface area contributed by atoms with Gasteiger partial charge in [0.2, 0.25) is 0 Å².